The highest BCUT2D eigenvalue weighted by molar-refractivity contribution is 7.80. The van der Waals surface area contributed by atoms with Gasteiger partial charge in [0.1, 0.15) is 0 Å². The van der Waals surface area contributed by atoms with Crippen LogP contribution in [0.2, 0.25) is 0 Å². The zero-order valence-corrected chi connectivity index (χ0v) is 16.2. The van der Waals surface area contributed by atoms with Crippen molar-refractivity contribution in [2.75, 3.05) is 18.2 Å². The van der Waals surface area contributed by atoms with Gasteiger partial charge in [0.25, 0.3) is 0 Å². The molecule has 0 spiro atoms. The number of pyridine rings is 1. The number of fused-ring (bicyclic) bond motifs is 1. The first-order valence-corrected chi connectivity index (χ1v) is 9.58. The lowest BCUT2D eigenvalue weighted by molar-refractivity contribution is 0.174. The molecule has 28 heavy (non-hydrogen) atoms. The molecule has 0 fully saturated rings. The topological polar surface area (TPSA) is 46.6 Å². The Morgan fingerprint density at radius 2 is 1.82 bits per heavy atom. The van der Waals surface area contributed by atoms with Gasteiger partial charge in [0.05, 0.1) is 6.54 Å². The number of ether oxygens (including phenoxy) is 2. The van der Waals surface area contributed by atoms with Crippen molar-refractivity contribution < 1.29 is 9.47 Å². The molecule has 1 aliphatic heterocycles. The van der Waals surface area contributed by atoms with Crippen LogP contribution in [0.25, 0.3) is 0 Å². The van der Waals surface area contributed by atoms with Gasteiger partial charge in [0, 0.05) is 30.7 Å². The lowest BCUT2D eigenvalue weighted by Gasteiger charge is -2.26. The van der Waals surface area contributed by atoms with Gasteiger partial charge in [-0.05, 0) is 48.0 Å². The molecule has 0 aliphatic carbocycles. The third-order valence-corrected chi connectivity index (χ3v) is 4.87. The van der Waals surface area contributed by atoms with Crippen molar-refractivity contribution in [3.8, 4) is 11.5 Å². The second-order valence-electron chi connectivity index (χ2n) is 6.45. The third kappa shape index (κ3) is 4.40. The Morgan fingerprint density at radius 3 is 2.64 bits per heavy atom. The lowest BCUT2D eigenvalue weighted by atomic mass is 10.1. The van der Waals surface area contributed by atoms with E-state index in [1.807, 2.05) is 42.6 Å². The van der Waals surface area contributed by atoms with Crippen LogP contribution in [0.3, 0.4) is 0 Å². The number of nitrogens with one attached hydrogen (secondary N) is 1. The van der Waals surface area contributed by atoms with Crippen LogP contribution in [0, 0.1) is 0 Å². The van der Waals surface area contributed by atoms with Crippen LogP contribution in [-0.4, -0.2) is 23.4 Å². The fourth-order valence-electron chi connectivity index (χ4n) is 3.06. The molecule has 0 atom stereocenters. The highest BCUT2D eigenvalue weighted by Crippen LogP contribution is 2.35. The fourth-order valence-corrected chi connectivity index (χ4v) is 3.33. The van der Waals surface area contributed by atoms with E-state index in [1.165, 1.54) is 5.56 Å². The SMILES string of the molecule is S=C(NCCc1ccccc1)N(Cc1cccnc1)c1ccc2c(c1)OCO2. The van der Waals surface area contributed by atoms with Gasteiger partial charge in [-0.25, -0.2) is 0 Å². The number of hydrogen-bond donors (Lipinski definition) is 1. The van der Waals surface area contributed by atoms with Crippen molar-refractivity contribution in [2.24, 2.45) is 0 Å². The Labute approximate surface area is 169 Å². The van der Waals surface area contributed by atoms with Crippen LogP contribution in [0.15, 0.2) is 73.1 Å². The standard InChI is InChI=1S/C22H21N3O2S/c28-22(24-12-10-17-5-2-1-3-6-17)25(15-18-7-4-11-23-14-18)19-8-9-20-21(13-19)27-16-26-20/h1-9,11,13-14H,10,12,15-16H2,(H,24,28). The predicted molar refractivity (Wildman–Crippen MR) is 114 cm³/mol. The molecule has 3 aromatic rings. The molecular formula is C22H21N3O2S. The second-order valence-corrected chi connectivity index (χ2v) is 6.84. The van der Waals surface area contributed by atoms with E-state index < -0.39 is 0 Å². The van der Waals surface area contributed by atoms with E-state index in [-0.39, 0.29) is 6.79 Å². The average molecular weight is 391 g/mol. The van der Waals surface area contributed by atoms with E-state index in [1.54, 1.807) is 6.20 Å². The van der Waals surface area contributed by atoms with Gasteiger partial charge in [-0.1, -0.05) is 36.4 Å². The monoisotopic (exact) mass is 391 g/mol. The molecule has 1 N–H and O–H groups in total. The van der Waals surface area contributed by atoms with E-state index in [2.05, 4.69) is 39.5 Å². The van der Waals surface area contributed by atoms with Gasteiger partial charge in [-0.3, -0.25) is 4.98 Å². The summed E-state index contributed by atoms with van der Waals surface area (Å²) in [5, 5.41) is 4.05. The Balaban J connectivity index is 1.49. The number of aromatic nitrogens is 1. The van der Waals surface area contributed by atoms with Crippen molar-refractivity contribution in [1.29, 1.82) is 0 Å². The van der Waals surface area contributed by atoms with Gasteiger partial charge < -0.3 is 19.7 Å². The Bertz CT molecular complexity index is 935. The van der Waals surface area contributed by atoms with Crippen molar-refractivity contribution in [1.82, 2.24) is 10.3 Å². The summed E-state index contributed by atoms with van der Waals surface area (Å²) in [5.74, 6) is 1.49. The maximum absolute atomic E-state index is 5.72. The first-order valence-electron chi connectivity index (χ1n) is 9.17. The van der Waals surface area contributed by atoms with E-state index in [4.69, 9.17) is 21.7 Å². The molecule has 1 aliphatic rings. The van der Waals surface area contributed by atoms with E-state index >= 15 is 0 Å². The van der Waals surface area contributed by atoms with Crippen molar-refractivity contribution in [2.45, 2.75) is 13.0 Å². The summed E-state index contributed by atoms with van der Waals surface area (Å²) < 4.78 is 11.0. The molecule has 6 heteroatoms. The van der Waals surface area contributed by atoms with Gasteiger partial charge >= 0.3 is 0 Å². The summed E-state index contributed by atoms with van der Waals surface area (Å²) in [5.41, 5.74) is 3.30. The predicted octanol–water partition coefficient (Wildman–Crippen LogP) is 3.93. The normalized spacial score (nSPS) is 11.9. The maximum atomic E-state index is 5.72. The molecule has 5 nitrogen and oxygen atoms in total. The Kier molecular flexibility index (Phi) is 5.68. The zero-order chi connectivity index (χ0) is 19.2. The van der Waals surface area contributed by atoms with Crippen LogP contribution in [0.5, 0.6) is 11.5 Å². The molecule has 0 saturated carbocycles. The summed E-state index contributed by atoms with van der Waals surface area (Å²) in [7, 11) is 0. The van der Waals surface area contributed by atoms with E-state index in [0.29, 0.717) is 11.7 Å². The van der Waals surface area contributed by atoms with Crippen molar-refractivity contribution >= 4 is 23.0 Å². The van der Waals surface area contributed by atoms with Crippen LogP contribution in [-0.2, 0) is 13.0 Å². The summed E-state index contributed by atoms with van der Waals surface area (Å²) in [4.78, 5) is 6.27. The minimum Gasteiger partial charge on any atom is -0.454 e. The highest BCUT2D eigenvalue weighted by Gasteiger charge is 2.18. The van der Waals surface area contributed by atoms with Gasteiger partial charge in [-0.15, -0.1) is 0 Å². The summed E-state index contributed by atoms with van der Waals surface area (Å²) in [6.07, 6.45) is 4.53. The molecule has 0 amide bonds. The largest absolute Gasteiger partial charge is 0.454 e. The molecule has 0 unspecified atom stereocenters. The number of nitrogens with zero attached hydrogens (tertiary/aromatic N) is 2. The van der Waals surface area contributed by atoms with Crippen LogP contribution >= 0.6 is 12.2 Å². The molecule has 2 aromatic carbocycles. The maximum Gasteiger partial charge on any atom is 0.231 e. The molecule has 2 heterocycles. The third-order valence-electron chi connectivity index (χ3n) is 4.51. The number of thiocarbonyl (C=S) groups is 1. The van der Waals surface area contributed by atoms with Gasteiger partial charge in [0.15, 0.2) is 16.6 Å². The molecule has 0 bridgehead atoms. The first-order chi connectivity index (χ1) is 13.8. The highest BCUT2D eigenvalue weighted by atomic mass is 32.1. The smallest absolute Gasteiger partial charge is 0.231 e. The van der Waals surface area contributed by atoms with Gasteiger partial charge in [-0.2, -0.15) is 0 Å². The molecule has 1 aromatic heterocycles. The van der Waals surface area contributed by atoms with Crippen LogP contribution in [0.4, 0.5) is 5.69 Å². The molecule has 0 saturated heterocycles. The summed E-state index contributed by atoms with van der Waals surface area (Å²) in [6.45, 7) is 1.63. The van der Waals surface area contributed by atoms with Crippen LogP contribution < -0.4 is 19.7 Å². The molecule has 4 rings (SSSR count). The molecular weight excluding hydrogens is 370 g/mol. The van der Waals surface area contributed by atoms with Crippen molar-refractivity contribution in [3.05, 3.63) is 84.2 Å². The number of anilines is 1. The quantitative estimate of drug-likeness (QED) is 0.643. The van der Waals surface area contributed by atoms with Crippen molar-refractivity contribution in [3.63, 3.8) is 0 Å². The number of hydrogen-bond acceptors (Lipinski definition) is 4. The summed E-state index contributed by atoms with van der Waals surface area (Å²) >= 11 is 5.72. The summed E-state index contributed by atoms with van der Waals surface area (Å²) in [6, 6.07) is 20.2. The average Bonchev–Trinajstić information content (AvgIpc) is 3.21. The van der Waals surface area contributed by atoms with Gasteiger partial charge in [0.2, 0.25) is 6.79 Å². The Morgan fingerprint density at radius 1 is 1.00 bits per heavy atom. The fraction of sp³-hybridized carbons (Fsp3) is 0.182. The zero-order valence-electron chi connectivity index (χ0n) is 15.4. The molecule has 0 radical (unpaired) electrons. The molecule has 142 valence electrons. The minimum atomic E-state index is 0.251. The second kappa shape index (κ2) is 8.71. The van der Waals surface area contributed by atoms with Crippen LogP contribution in [0.1, 0.15) is 11.1 Å². The lowest BCUT2D eigenvalue weighted by Crippen LogP contribution is -2.40. The number of benzene rings is 2. The minimum absolute atomic E-state index is 0.251. The van der Waals surface area contributed by atoms with E-state index in [0.717, 1.165) is 35.7 Å². The Hall–Kier alpha value is -3.12. The van der Waals surface area contributed by atoms with E-state index in [9.17, 15) is 0 Å². The number of rotatable bonds is 6. The first kappa shape index (κ1) is 18.3.